The molecule has 0 saturated carbocycles. The molecule has 3 aliphatic heterocycles. The zero-order valence-corrected chi connectivity index (χ0v) is 14.1. The summed E-state index contributed by atoms with van der Waals surface area (Å²) >= 11 is 0. The van der Waals surface area contributed by atoms with E-state index in [-0.39, 0.29) is 0 Å². The molecule has 23 heavy (non-hydrogen) atoms. The Labute approximate surface area is 139 Å². The summed E-state index contributed by atoms with van der Waals surface area (Å²) in [7, 11) is 0. The van der Waals surface area contributed by atoms with E-state index in [9.17, 15) is 0 Å². The van der Waals surface area contributed by atoms with Crippen LogP contribution in [-0.4, -0.2) is 42.7 Å². The molecule has 0 spiro atoms. The van der Waals surface area contributed by atoms with Crippen molar-refractivity contribution in [2.45, 2.75) is 51.5 Å². The average molecular weight is 315 g/mol. The number of aryl methyl sites for hydroxylation is 1. The van der Waals surface area contributed by atoms with Gasteiger partial charge < -0.3 is 15.5 Å². The summed E-state index contributed by atoms with van der Waals surface area (Å²) in [6, 6.07) is 0. The van der Waals surface area contributed by atoms with Crippen molar-refractivity contribution in [1.29, 1.82) is 0 Å². The van der Waals surface area contributed by atoms with Crippen LogP contribution in [-0.2, 0) is 19.4 Å². The maximum atomic E-state index is 5.01. The fourth-order valence-electron chi connectivity index (χ4n) is 4.18. The van der Waals surface area contributed by atoms with Crippen molar-refractivity contribution in [3.63, 3.8) is 0 Å². The van der Waals surface area contributed by atoms with Crippen molar-refractivity contribution in [2.24, 2.45) is 5.92 Å². The second kappa shape index (κ2) is 7.14. The van der Waals surface area contributed by atoms with E-state index in [2.05, 4.69) is 15.5 Å². The van der Waals surface area contributed by atoms with Crippen molar-refractivity contribution in [2.75, 3.05) is 37.6 Å². The number of hydrogen-bond acceptors (Lipinski definition) is 5. The Bertz CT molecular complexity index is 532. The SMILES string of the molecule is C1CNCC(CCc2nc(N3CCCC3)nc3c2CNCC3)C1. The van der Waals surface area contributed by atoms with E-state index in [0.717, 1.165) is 50.9 Å². The van der Waals surface area contributed by atoms with Crippen LogP contribution in [0.4, 0.5) is 5.95 Å². The smallest absolute Gasteiger partial charge is 0.225 e. The molecule has 5 heteroatoms. The normalized spacial score (nSPS) is 24.7. The van der Waals surface area contributed by atoms with Gasteiger partial charge in [0.2, 0.25) is 5.95 Å². The van der Waals surface area contributed by atoms with Crippen LogP contribution >= 0.6 is 0 Å². The maximum Gasteiger partial charge on any atom is 0.225 e. The number of anilines is 1. The van der Waals surface area contributed by atoms with E-state index < -0.39 is 0 Å². The highest BCUT2D eigenvalue weighted by atomic mass is 15.3. The maximum absolute atomic E-state index is 5.01. The van der Waals surface area contributed by atoms with Gasteiger partial charge in [-0.3, -0.25) is 0 Å². The first kappa shape index (κ1) is 15.3. The van der Waals surface area contributed by atoms with E-state index in [1.807, 2.05) is 0 Å². The van der Waals surface area contributed by atoms with Crippen molar-refractivity contribution in [1.82, 2.24) is 20.6 Å². The minimum absolute atomic E-state index is 0.821. The summed E-state index contributed by atoms with van der Waals surface area (Å²) in [6.45, 7) is 6.64. The Morgan fingerprint density at radius 3 is 2.78 bits per heavy atom. The minimum Gasteiger partial charge on any atom is -0.341 e. The number of nitrogens with zero attached hydrogens (tertiary/aromatic N) is 3. The molecule has 0 radical (unpaired) electrons. The molecule has 0 aromatic carbocycles. The van der Waals surface area contributed by atoms with E-state index in [1.54, 1.807) is 0 Å². The van der Waals surface area contributed by atoms with Crippen LogP contribution in [0.2, 0.25) is 0 Å². The van der Waals surface area contributed by atoms with Gasteiger partial charge in [0.25, 0.3) is 0 Å². The Hall–Kier alpha value is -1.20. The Balaban J connectivity index is 1.54. The molecule has 1 atom stereocenters. The van der Waals surface area contributed by atoms with Crippen molar-refractivity contribution >= 4 is 5.95 Å². The number of fused-ring (bicyclic) bond motifs is 1. The zero-order valence-electron chi connectivity index (χ0n) is 14.1. The van der Waals surface area contributed by atoms with Crippen molar-refractivity contribution in [3.8, 4) is 0 Å². The summed E-state index contributed by atoms with van der Waals surface area (Å²) < 4.78 is 0. The topological polar surface area (TPSA) is 53.1 Å². The molecule has 2 saturated heterocycles. The molecule has 1 unspecified atom stereocenters. The van der Waals surface area contributed by atoms with Gasteiger partial charge in [0.15, 0.2) is 0 Å². The highest BCUT2D eigenvalue weighted by molar-refractivity contribution is 5.39. The van der Waals surface area contributed by atoms with Gasteiger partial charge in [0.05, 0.1) is 11.4 Å². The van der Waals surface area contributed by atoms with Gasteiger partial charge in [0.1, 0.15) is 0 Å². The highest BCUT2D eigenvalue weighted by Crippen LogP contribution is 2.25. The van der Waals surface area contributed by atoms with Crippen LogP contribution in [0.1, 0.15) is 49.1 Å². The second-order valence-corrected chi connectivity index (χ2v) is 7.27. The van der Waals surface area contributed by atoms with Crippen LogP contribution in [0.5, 0.6) is 0 Å². The molecule has 2 N–H and O–H groups in total. The summed E-state index contributed by atoms with van der Waals surface area (Å²) in [5.41, 5.74) is 4.01. The summed E-state index contributed by atoms with van der Waals surface area (Å²) in [6.07, 6.45) is 8.69. The first-order valence-electron chi connectivity index (χ1n) is 9.45. The van der Waals surface area contributed by atoms with Gasteiger partial charge >= 0.3 is 0 Å². The summed E-state index contributed by atoms with van der Waals surface area (Å²) in [5, 5.41) is 7.04. The molecule has 126 valence electrons. The standard InChI is InChI=1S/C18H29N5/c1-2-11-23(10-1)18-21-16(6-5-14-4-3-8-19-12-14)15-13-20-9-7-17(15)22-18/h14,19-20H,1-13H2. The molecule has 1 aromatic heterocycles. The average Bonchev–Trinajstić information content (AvgIpc) is 3.15. The first-order chi connectivity index (χ1) is 11.4. The van der Waals surface area contributed by atoms with E-state index in [4.69, 9.17) is 9.97 Å². The van der Waals surface area contributed by atoms with Gasteiger partial charge in [-0.15, -0.1) is 0 Å². The van der Waals surface area contributed by atoms with Gasteiger partial charge in [-0.2, -0.15) is 0 Å². The predicted octanol–water partition coefficient (Wildman–Crippen LogP) is 1.65. The molecular weight excluding hydrogens is 286 g/mol. The molecule has 5 nitrogen and oxygen atoms in total. The lowest BCUT2D eigenvalue weighted by Gasteiger charge is -2.25. The molecular formula is C18H29N5. The van der Waals surface area contributed by atoms with E-state index in [1.165, 1.54) is 62.1 Å². The number of hydrogen-bond donors (Lipinski definition) is 2. The number of aromatic nitrogens is 2. The van der Waals surface area contributed by atoms with Crippen LogP contribution in [0.15, 0.2) is 0 Å². The number of nitrogens with one attached hydrogen (secondary N) is 2. The van der Waals surface area contributed by atoms with Crippen molar-refractivity contribution in [3.05, 3.63) is 17.0 Å². The lowest BCUT2D eigenvalue weighted by atomic mass is 9.92. The highest BCUT2D eigenvalue weighted by Gasteiger charge is 2.22. The van der Waals surface area contributed by atoms with Gasteiger partial charge in [-0.05, 0) is 57.5 Å². The molecule has 4 rings (SSSR count). The van der Waals surface area contributed by atoms with Gasteiger partial charge in [0, 0.05) is 38.2 Å². The lowest BCUT2D eigenvalue weighted by Crippen LogP contribution is -2.31. The van der Waals surface area contributed by atoms with Crippen LogP contribution in [0.3, 0.4) is 0 Å². The predicted molar refractivity (Wildman–Crippen MR) is 92.8 cm³/mol. The summed E-state index contributed by atoms with van der Waals surface area (Å²) in [4.78, 5) is 12.3. The fraction of sp³-hybridized carbons (Fsp3) is 0.778. The minimum atomic E-state index is 0.821. The Morgan fingerprint density at radius 2 is 1.96 bits per heavy atom. The third kappa shape index (κ3) is 3.50. The molecule has 4 heterocycles. The molecule has 2 fully saturated rings. The number of piperidine rings is 1. The molecule has 3 aliphatic rings. The van der Waals surface area contributed by atoms with E-state index in [0.29, 0.717) is 0 Å². The Kier molecular flexibility index (Phi) is 4.76. The monoisotopic (exact) mass is 315 g/mol. The van der Waals surface area contributed by atoms with E-state index >= 15 is 0 Å². The lowest BCUT2D eigenvalue weighted by molar-refractivity contribution is 0.356. The van der Waals surface area contributed by atoms with Gasteiger partial charge in [-0.25, -0.2) is 9.97 Å². The van der Waals surface area contributed by atoms with Crippen LogP contribution < -0.4 is 15.5 Å². The van der Waals surface area contributed by atoms with Crippen molar-refractivity contribution < 1.29 is 0 Å². The van der Waals surface area contributed by atoms with Crippen LogP contribution in [0.25, 0.3) is 0 Å². The molecule has 0 aliphatic carbocycles. The second-order valence-electron chi connectivity index (χ2n) is 7.27. The third-order valence-electron chi connectivity index (χ3n) is 5.58. The fourth-order valence-corrected chi connectivity index (χ4v) is 4.18. The Morgan fingerprint density at radius 1 is 1.04 bits per heavy atom. The third-order valence-corrected chi connectivity index (χ3v) is 5.58. The number of rotatable bonds is 4. The molecule has 1 aromatic rings. The largest absolute Gasteiger partial charge is 0.341 e. The van der Waals surface area contributed by atoms with Gasteiger partial charge in [-0.1, -0.05) is 0 Å². The molecule has 0 bridgehead atoms. The zero-order chi connectivity index (χ0) is 15.5. The quantitative estimate of drug-likeness (QED) is 0.885. The molecule has 0 amide bonds. The summed E-state index contributed by atoms with van der Waals surface area (Å²) in [5.74, 6) is 1.82. The van der Waals surface area contributed by atoms with Crippen LogP contribution in [0, 0.1) is 5.92 Å². The first-order valence-corrected chi connectivity index (χ1v) is 9.45.